The van der Waals surface area contributed by atoms with Crippen molar-refractivity contribution in [1.82, 2.24) is 9.97 Å². The number of aliphatic hydroxyl groups is 1. The van der Waals surface area contributed by atoms with Crippen molar-refractivity contribution in [2.45, 2.75) is 38.7 Å². The number of nitrogen functional groups attached to an aromatic ring is 1. The van der Waals surface area contributed by atoms with Crippen molar-refractivity contribution in [3.05, 3.63) is 11.8 Å². The lowest BCUT2D eigenvalue weighted by atomic mass is 9.87. The van der Waals surface area contributed by atoms with Gasteiger partial charge in [0, 0.05) is 18.3 Å². The van der Waals surface area contributed by atoms with E-state index in [0.717, 1.165) is 37.3 Å². The maximum Gasteiger partial charge on any atom is 0.222 e. The zero-order chi connectivity index (χ0) is 12.3. The molecule has 1 aromatic rings. The SMILES string of the molecule is Cc1cc(NCC2CCCC(O)C2)nc(N)n1. The van der Waals surface area contributed by atoms with E-state index >= 15 is 0 Å². The number of hydrogen-bond donors (Lipinski definition) is 3. The van der Waals surface area contributed by atoms with Crippen molar-refractivity contribution in [3.63, 3.8) is 0 Å². The molecule has 0 saturated heterocycles. The van der Waals surface area contributed by atoms with Crippen LogP contribution in [0.3, 0.4) is 0 Å². The minimum Gasteiger partial charge on any atom is -0.393 e. The van der Waals surface area contributed by atoms with E-state index < -0.39 is 0 Å². The zero-order valence-corrected chi connectivity index (χ0v) is 10.2. The largest absolute Gasteiger partial charge is 0.393 e. The summed E-state index contributed by atoms with van der Waals surface area (Å²) in [6.45, 7) is 2.74. The van der Waals surface area contributed by atoms with Gasteiger partial charge in [0.25, 0.3) is 0 Å². The topological polar surface area (TPSA) is 84.1 Å². The van der Waals surface area contributed by atoms with E-state index in [1.165, 1.54) is 6.42 Å². The first-order valence-electron chi connectivity index (χ1n) is 6.16. The molecule has 0 aliphatic heterocycles. The molecule has 17 heavy (non-hydrogen) atoms. The number of aromatic nitrogens is 2. The van der Waals surface area contributed by atoms with Crippen molar-refractivity contribution < 1.29 is 5.11 Å². The molecule has 2 atom stereocenters. The third kappa shape index (κ3) is 3.56. The summed E-state index contributed by atoms with van der Waals surface area (Å²) >= 11 is 0. The fourth-order valence-corrected chi connectivity index (χ4v) is 2.38. The van der Waals surface area contributed by atoms with E-state index in [1.54, 1.807) is 0 Å². The van der Waals surface area contributed by atoms with Gasteiger partial charge in [-0.05, 0) is 32.1 Å². The Morgan fingerprint density at radius 2 is 2.29 bits per heavy atom. The minimum absolute atomic E-state index is 0.132. The maximum atomic E-state index is 9.59. The van der Waals surface area contributed by atoms with Gasteiger partial charge in [-0.25, -0.2) is 4.98 Å². The van der Waals surface area contributed by atoms with Crippen LogP contribution in [-0.2, 0) is 0 Å². The predicted molar refractivity (Wildman–Crippen MR) is 67.6 cm³/mol. The monoisotopic (exact) mass is 236 g/mol. The fraction of sp³-hybridized carbons (Fsp3) is 0.667. The van der Waals surface area contributed by atoms with Crippen LogP contribution < -0.4 is 11.1 Å². The highest BCUT2D eigenvalue weighted by Gasteiger charge is 2.19. The quantitative estimate of drug-likeness (QED) is 0.737. The number of nitrogens with two attached hydrogens (primary N) is 1. The van der Waals surface area contributed by atoms with Crippen LogP contribution in [0.25, 0.3) is 0 Å². The lowest BCUT2D eigenvalue weighted by Gasteiger charge is -2.26. The zero-order valence-electron chi connectivity index (χ0n) is 10.2. The van der Waals surface area contributed by atoms with Gasteiger partial charge in [-0.1, -0.05) is 6.42 Å². The van der Waals surface area contributed by atoms with Gasteiger partial charge >= 0.3 is 0 Å². The molecule has 1 aliphatic rings. The van der Waals surface area contributed by atoms with Crippen LogP contribution in [0.15, 0.2) is 6.07 Å². The lowest BCUT2D eigenvalue weighted by Crippen LogP contribution is -2.25. The normalized spacial score (nSPS) is 24.6. The van der Waals surface area contributed by atoms with Crippen LogP contribution in [0.1, 0.15) is 31.4 Å². The predicted octanol–water partition coefficient (Wildman–Crippen LogP) is 1.33. The molecule has 1 saturated carbocycles. The number of nitrogens with zero attached hydrogens (tertiary/aromatic N) is 2. The molecule has 4 N–H and O–H groups in total. The highest BCUT2D eigenvalue weighted by molar-refractivity contribution is 5.40. The molecule has 0 radical (unpaired) electrons. The van der Waals surface area contributed by atoms with Gasteiger partial charge in [-0.3, -0.25) is 0 Å². The Balaban J connectivity index is 1.88. The minimum atomic E-state index is -0.132. The Hall–Kier alpha value is -1.36. The van der Waals surface area contributed by atoms with Gasteiger partial charge < -0.3 is 16.2 Å². The van der Waals surface area contributed by atoms with E-state index in [4.69, 9.17) is 5.73 Å². The van der Waals surface area contributed by atoms with Crippen LogP contribution >= 0.6 is 0 Å². The fourth-order valence-electron chi connectivity index (χ4n) is 2.38. The number of hydrogen-bond acceptors (Lipinski definition) is 5. The number of aryl methyl sites for hydroxylation is 1. The second kappa shape index (κ2) is 5.31. The summed E-state index contributed by atoms with van der Waals surface area (Å²) < 4.78 is 0. The van der Waals surface area contributed by atoms with Crippen LogP contribution in [0.2, 0.25) is 0 Å². The summed E-state index contributed by atoms with van der Waals surface area (Å²) in [5.74, 6) is 1.60. The molecule has 1 aromatic heterocycles. The first kappa shape index (κ1) is 12.1. The van der Waals surface area contributed by atoms with Crippen molar-refractivity contribution >= 4 is 11.8 Å². The lowest BCUT2D eigenvalue weighted by molar-refractivity contribution is 0.104. The molecular weight excluding hydrogens is 216 g/mol. The molecule has 5 heteroatoms. The first-order valence-corrected chi connectivity index (χ1v) is 6.16. The van der Waals surface area contributed by atoms with Gasteiger partial charge in [-0.2, -0.15) is 4.98 Å². The Kier molecular flexibility index (Phi) is 3.78. The highest BCUT2D eigenvalue weighted by atomic mass is 16.3. The second-order valence-electron chi connectivity index (χ2n) is 4.82. The number of anilines is 2. The molecule has 0 bridgehead atoms. The Labute approximate surface area is 101 Å². The van der Waals surface area contributed by atoms with Crippen LogP contribution in [-0.4, -0.2) is 27.7 Å². The maximum absolute atomic E-state index is 9.59. The second-order valence-corrected chi connectivity index (χ2v) is 4.82. The summed E-state index contributed by atoms with van der Waals surface area (Å²) in [6.07, 6.45) is 3.97. The van der Waals surface area contributed by atoms with Gasteiger partial charge in [0.1, 0.15) is 5.82 Å². The molecule has 5 nitrogen and oxygen atoms in total. The third-order valence-corrected chi connectivity index (χ3v) is 3.20. The molecule has 1 aliphatic carbocycles. The van der Waals surface area contributed by atoms with E-state index in [0.29, 0.717) is 11.9 Å². The van der Waals surface area contributed by atoms with Crippen molar-refractivity contribution in [2.24, 2.45) is 5.92 Å². The van der Waals surface area contributed by atoms with E-state index in [2.05, 4.69) is 15.3 Å². The van der Waals surface area contributed by atoms with Gasteiger partial charge in [0.2, 0.25) is 5.95 Å². The van der Waals surface area contributed by atoms with Crippen LogP contribution in [0, 0.1) is 12.8 Å². The first-order chi connectivity index (χ1) is 8.13. The van der Waals surface area contributed by atoms with Gasteiger partial charge in [-0.15, -0.1) is 0 Å². The Bertz CT molecular complexity index is 363. The average Bonchev–Trinajstić information content (AvgIpc) is 2.25. The molecule has 0 spiro atoms. The van der Waals surface area contributed by atoms with Gasteiger partial charge in [0.05, 0.1) is 6.10 Å². The highest BCUT2D eigenvalue weighted by Crippen LogP contribution is 2.24. The summed E-state index contributed by atoms with van der Waals surface area (Å²) in [7, 11) is 0. The molecule has 0 amide bonds. The number of rotatable bonds is 3. The summed E-state index contributed by atoms with van der Waals surface area (Å²) in [5.41, 5.74) is 6.45. The van der Waals surface area contributed by atoms with Crippen molar-refractivity contribution in [1.29, 1.82) is 0 Å². The molecule has 1 fully saturated rings. The van der Waals surface area contributed by atoms with Crippen LogP contribution in [0.4, 0.5) is 11.8 Å². The van der Waals surface area contributed by atoms with Crippen LogP contribution in [0.5, 0.6) is 0 Å². The number of aliphatic hydroxyl groups excluding tert-OH is 1. The molecular formula is C12H20N4O. The molecule has 94 valence electrons. The molecule has 2 unspecified atom stereocenters. The molecule has 2 rings (SSSR count). The summed E-state index contributed by atoms with van der Waals surface area (Å²) in [6, 6.07) is 1.88. The van der Waals surface area contributed by atoms with Crippen molar-refractivity contribution in [2.75, 3.05) is 17.6 Å². The number of nitrogens with one attached hydrogen (secondary N) is 1. The summed E-state index contributed by atoms with van der Waals surface area (Å²) in [5, 5.41) is 12.9. The average molecular weight is 236 g/mol. The standard InChI is InChI=1S/C12H20N4O/c1-8-5-11(16-12(13)15-8)14-7-9-3-2-4-10(17)6-9/h5,9-10,17H,2-4,6-7H2,1H3,(H3,13,14,15,16). The molecule has 1 heterocycles. The van der Waals surface area contributed by atoms with E-state index in [-0.39, 0.29) is 6.10 Å². The van der Waals surface area contributed by atoms with E-state index in [1.807, 2.05) is 13.0 Å². The van der Waals surface area contributed by atoms with Gasteiger partial charge in [0.15, 0.2) is 0 Å². The summed E-state index contributed by atoms with van der Waals surface area (Å²) in [4.78, 5) is 8.16. The van der Waals surface area contributed by atoms with E-state index in [9.17, 15) is 5.11 Å². The third-order valence-electron chi connectivity index (χ3n) is 3.20. The smallest absolute Gasteiger partial charge is 0.222 e. The van der Waals surface area contributed by atoms with Crippen molar-refractivity contribution in [3.8, 4) is 0 Å². The Morgan fingerprint density at radius 3 is 3.00 bits per heavy atom. The molecule has 0 aromatic carbocycles. The Morgan fingerprint density at radius 1 is 1.47 bits per heavy atom.